The Labute approximate surface area is 94.0 Å². The first kappa shape index (κ1) is 12.4. The second-order valence-corrected chi connectivity index (χ2v) is 3.93. The van der Waals surface area contributed by atoms with Crippen molar-refractivity contribution in [3.8, 4) is 0 Å². The predicted octanol–water partition coefficient (Wildman–Crippen LogP) is 2.89. The minimum atomic E-state index is -4.10. The molecule has 1 aromatic rings. The molecule has 1 N–H and O–H groups in total. The van der Waals surface area contributed by atoms with Crippen LogP contribution in [-0.4, -0.2) is 17.7 Å². The summed E-state index contributed by atoms with van der Waals surface area (Å²) in [4.78, 5) is 4.02. The zero-order valence-electron chi connectivity index (χ0n) is 7.81. The fourth-order valence-corrected chi connectivity index (χ4v) is 1.19. The van der Waals surface area contributed by atoms with Gasteiger partial charge in [0.2, 0.25) is 0 Å². The lowest BCUT2D eigenvalue weighted by Gasteiger charge is -2.07. The van der Waals surface area contributed by atoms with Gasteiger partial charge >= 0.3 is 6.18 Å². The van der Waals surface area contributed by atoms with Gasteiger partial charge in [-0.05, 0) is 28.1 Å². The quantitative estimate of drug-likeness (QED) is 0.859. The van der Waals surface area contributed by atoms with Crippen LogP contribution >= 0.6 is 15.9 Å². The van der Waals surface area contributed by atoms with Crippen LogP contribution in [0.2, 0.25) is 0 Å². The van der Waals surface area contributed by atoms with Crippen LogP contribution in [0.4, 0.5) is 13.2 Å². The summed E-state index contributed by atoms with van der Waals surface area (Å²) in [7, 11) is 0. The number of nitrogens with one attached hydrogen (secondary N) is 1. The van der Waals surface area contributed by atoms with Gasteiger partial charge in [-0.1, -0.05) is 0 Å². The summed E-state index contributed by atoms with van der Waals surface area (Å²) in [5.74, 6) is 0. The number of nitrogens with zero attached hydrogens (tertiary/aromatic N) is 1. The smallest absolute Gasteiger partial charge is 0.311 e. The number of alkyl halides is 3. The number of rotatable bonds is 4. The zero-order valence-corrected chi connectivity index (χ0v) is 9.40. The molecule has 1 heterocycles. The molecule has 1 aromatic heterocycles. The molecule has 0 saturated heterocycles. The summed E-state index contributed by atoms with van der Waals surface area (Å²) in [6.07, 6.45) is -3.30. The maximum atomic E-state index is 11.8. The zero-order chi connectivity index (χ0) is 11.3. The van der Waals surface area contributed by atoms with Crippen LogP contribution in [0.1, 0.15) is 12.1 Å². The molecule has 0 aliphatic rings. The number of hydrogen-bond donors (Lipinski definition) is 1. The van der Waals surface area contributed by atoms with E-state index in [1.165, 1.54) is 0 Å². The van der Waals surface area contributed by atoms with E-state index < -0.39 is 12.6 Å². The van der Waals surface area contributed by atoms with E-state index in [-0.39, 0.29) is 6.54 Å². The summed E-state index contributed by atoms with van der Waals surface area (Å²) in [5.41, 5.74) is 0.723. The van der Waals surface area contributed by atoms with Gasteiger partial charge in [-0.2, -0.15) is 13.2 Å². The highest BCUT2D eigenvalue weighted by molar-refractivity contribution is 9.10. The van der Waals surface area contributed by atoms with Gasteiger partial charge in [0.05, 0.1) is 12.1 Å². The summed E-state index contributed by atoms with van der Waals surface area (Å²) < 4.78 is 36.2. The van der Waals surface area contributed by atoms with Crippen LogP contribution in [0.5, 0.6) is 0 Å². The number of hydrogen-bond acceptors (Lipinski definition) is 2. The molecule has 84 valence electrons. The summed E-state index contributed by atoms with van der Waals surface area (Å²) in [6, 6.07) is 3.55. The van der Waals surface area contributed by atoms with Gasteiger partial charge in [-0.15, -0.1) is 0 Å². The van der Waals surface area contributed by atoms with E-state index in [0.29, 0.717) is 6.54 Å². The third kappa shape index (κ3) is 5.74. The van der Waals surface area contributed by atoms with Gasteiger partial charge in [-0.3, -0.25) is 4.98 Å². The molecule has 0 fully saturated rings. The molecule has 0 bridgehead atoms. The van der Waals surface area contributed by atoms with Crippen molar-refractivity contribution >= 4 is 15.9 Å². The molecule has 0 unspecified atom stereocenters. The summed E-state index contributed by atoms with van der Waals surface area (Å²) in [6.45, 7) is 0.268. The first-order valence-electron chi connectivity index (χ1n) is 4.35. The Hall–Kier alpha value is -0.620. The van der Waals surface area contributed by atoms with E-state index in [9.17, 15) is 13.2 Å². The SMILES string of the molecule is FC(F)(F)CCNCc1ccc(Br)cn1. The molecule has 0 amide bonds. The van der Waals surface area contributed by atoms with Crippen LogP contribution < -0.4 is 5.32 Å². The molecule has 0 aliphatic carbocycles. The van der Waals surface area contributed by atoms with Crippen LogP contribution in [0.25, 0.3) is 0 Å². The van der Waals surface area contributed by atoms with Crippen molar-refractivity contribution in [1.29, 1.82) is 0 Å². The average molecular weight is 283 g/mol. The highest BCUT2D eigenvalue weighted by Crippen LogP contribution is 2.18. The van der Waals surface area contributed by atoms with Crippen LogP contribution in [-0.2, 0) is 6.54 Å². The first-order chi connectivity index (χ1) is 6.97. The van der Waals surface area contributed by atoms with Crippen molar-refractivity contribution in [2.24, 2.45) is 0 Å². The van der Waals surface area contributed by atoms with Crippen molar-refractivity contribution in [2.75, 3.05) is 6.54 Å². The molecule has 0 radical (unpaired) electrons. The van der Waals surface area contributed by atoms with Crippen molar-refractivity contribution in [3.05, 3.63) is 28.5 Å². The molecule has 0 aliphatic heterocycles. The van der Waals surface area contributed by atoms with E-state index in [1.807, 2.05) is 0 Å². The third-order valence-corrected chi connectivity index (χ3v) is 2.15. The maximum absolute atomic E-state index is 11.8. The van der Waals surface area contributed by atoms with Crippen LogP contribution in [0.3, 0.4) is 0 Å². The van der Waals surface area contributed by atoms with Crippen LogP contribution in [0, 0.1) is 0 Å². The average Bonchev–Trinajstić information content (AvgIpc) is 2.14. The number of halogens is 4. The summed E-state index contributed by atoms with van der Waals surface area (Å²) >= 11 is 3.22. The van der Waals surface area contributed by atoms with Gasteiger partial charge in [0, 0.05) is 23.8 Å². The van der Waals surface area contributed by atoms with E-state index in [2.05, 4.69) is 26.2 Å². The van der Waals surface area contributed by atoms with Crippen molar-refractivity contribution in [3.63, 3.8) is 0 Å². The normalized spacial score (nSPS) is 11.7. The van der Waals surface area contributed by atoms with Crippen molar-refractivity contribution in [1.82, 2.24) is 10.3 Å². The topological polar surface area (TPSA) is 24.9 Å². The molecule has 2 nitrogen and oxygen atoms in total. The van der Waals surface area contributed by atoms with E-state index >= 15 is 0 Å². The highest BCUT2D eigenvalue weighted by Gasteiger charge is 2.25. The Bertz CT molecular complexity index is 297. The van der Waals surface area contributed by atoms with Gasteiger partial charge in [-0.25, -0.2) is 0 Å². The van der Waals surface area contributed by atoms with E-state index in [0.717, 1.165) is 10.2 Å². The molecule has 0 spiro atoms. The lowest BCUT2D eigenvalue weighted by molar-refractivity contribution is -0.133. The Kier molecular flexibility index (Phi) is 4.53. The Morgan fingerprint density at radius 1 is 1.33 bits per heavy atom. The molecule has 0 saturated carbocycles. The minimum Gasteiger partial charge on any atom is -0.311 e. The standard InChI is InChI=1S/C9H10BrF3N2/c10-7-1-2-8(15-5-7)6-14-4-3-9(11,12)13/h1-2,5,14H,3-4,6H2. The fourth-order valence-electron chi connectivity index (χ4n) is 0.958. The molecular formula is C9H10BrF3N2. The Morgan fingerprint density at radius 3 is 2.60 bits per heavy atom. The Morgan fingerprint density at radius 2 is 2.07 bits per heavy atom. The lowest BCUT2D eigenvalue weighted by atomic mass is 10.3. The van der Waals surface area contributed by atoms with E-state index in [4.69, 9.17) is 0 Å². The molecular weight excluding hydrogens is 273 g/mol. The van der Waals surface area contributed by atoms with Crippen molar-refractivity contribution < 1.29 is 13.2 Å². The van der Waals surface area contributed by atoms with Gasteiger partial charge in [0.1, 0.15) is 0 Å². The molecule has 6 heteroatoms. The molecule has 0 aromatic carbocycles. The summed E-state index contributed by atoms with van der Waals surface area (Å²) in [5, 5.41) is 2.68. The molecule has 0 atom stereocenters. The minimum absolute atomic E-state index is 0.0821. The van der Waals surface area contributed by atoms with E-state index in [1.54, 1.807) is 18.3 Å². The van der Waals surface area contributed by atoms with Gasteiger partial charge in [0.15, 0.2) is 0 Å². The largest absolute Gasteiger partial charge is 0.390 e. The first-order valence-corrected chi connectivity index (χ1v) is 5.14. The van der Waals surface area contributed by atoms with Gasteiger partial charge in [0.25, 0.3) is 0 Å². The van der Waals surface area contributed by atoms with Crippen molar-refractivity contribution in [2.45, 2.75) is 19.1 Å². The predicted molar refractivity (Wildman–Crippen MR) is 54.3 cm³/mol. The maximum Gasteiger partial charge on any atom is 0.390 e. The Balaban J connectivity index is 2.23. The lowest BCUT2D eigenvalue weighted by Crippen LogP contribution is -2.21. The second kappa shape index (κ2) is 5.46. The molecule has 15 heavy (non-hydrogen) atoms. The highest BCUT2D eigenvalue weighted by atomic mass is 79.9. The number of pyridine rings is 1. The van der Waals surface area contributed by atoms with Gasteiger partial charge < -0.3 is 5.32 Å². The fraction of sp³-hybridized carbons (Fsp3) is 0.444. The van der Waals surface area contributed by atoms with Crippen LogP contribution in [0.15, 0.2) is 22.8 Å². The molecule has 1 rings (SSSR count). The number of aromatic nitrogens is 1. The monoisotopic (exact) mass is 282 g/mol. The third-order valence-electron chi connectivity index (χ3n) is 1.68. The second-order valence-electron chi connectivity index (χ2n) is 3.01.